The van der Waals surface area contributed by atoms with E-state index >= 15 is 0 Å². The number of alkyl halides is 3. The van der Waals surface area contributed by atoms with Crippen LogP contribution in [-0.4, -0.2) is 35.9 Å². The lowest BCUT2D eigenvalue weighted by atomic mass is 9.89. The fourth-order valence-corrected chi connectivity index (χ4v) is 4.10. The Morgan fingerprint density at radius 1 is 1.16 bits per heavy atom. The van der Waals surface area contributed by atoms with E-state index in [1.54, 1.807) is 0 Å². The Morgan fingerprint density at radius 2 is 1.88 bits per heavy atom. The van der Waals surface area contributed by atoms with Gasteiger partial charge in [-0.25, -0.2) is 0 Å². The number of fused-ring (bicyclic) bond motifs is 1. The van der Waals surface area contributed by atoms with Gasteiger partial charge in [-0.2, -0.15) is 0 Å². The molecule has 1 aromatic heterocycles. The van der Waals surface area contributed by atoms with Crippen molar-refractivity contribution < 1.29 is 32.2 Å². The Morgan fingerprint density at radius 3 is 2.56 bits per heavy atom. The van der Waals surface area contributed by atoms with Gasteiger partial charge in [0.15, 0.2) is 0 Å². The lowest BCUT2D eigenvalue weighted by Crippen LogP contribution is -2.27. The van der Waals surface area contributed by atoms with Crippen LogP contribution in [0.25, 0.3) is 10.9 Å². The normalized spacial score (nSPS) is 19.0. The van der Waals surface area contributed by atoms with Gasteiger partial charge in [-0.15, -0.1) is 13.2 Å². The molecule has 0 atom stereocenters. The summed E-state index contributed by atoms with van der Waals surface area (Å²) in [5.74, 6) is -0.248. The minimum absolute atomic E-state index is 0.0299. The number of ether oxygens (including phenoxy) is 2. The first kappa shape index (κ1) is 23.9. The predicted octanol–water partition coefficient (Wildman–Crippen LogP) is 4.94. The summed E-state index contributed by atoms with van der Waals surface area (Å²) in [6.07, 6.45) is -0.456. The van der Waals surface area contributed by atoms with Crippen LogP contribution < -0.4 is 10.1 Å². The Labute approximate surface area is 184 Å². The predicted molar refractivity (Wildman–Crippen MR) is 113 cm³/mol. The minimum Gasteiger partial charge on any atom is -0.462 e. The molecule has 6 nitrogen and oxygen atoms in total. The lowest BCUT2D eigenvalue weighted by molar-refractivity contribution is -0.274. The quantitative estimate of drug-likeness (QED) is 0.554. The summed E-state index contributed by atoms with van der Waals surface area (Å²) in [7, 11) is 0. The average Bonchev–Trinajstić information content (AvgIpc) is 3.02. The van der Waals surface area contributed by atoms with Crippen LogP contribution in [0, 0.1) is 12.8 Å². The number of aromatic nitrogens is 1. The Bertz CT molecular complexity index is 947. The van der Waals surface area contributed by atoms with Crippen molar-refractivity contribution in [1.82, 2.24) is 10.3 Å². The first-order valence-electron chi connectivity index (χ1n) is 10.9. The van der Waals surface area contributed by atoms with E-state index in [0.29, 0.717) is 29.8 Å². The molecular weight excluding hydrogens is 425 g/mol. The first-order chi connectivity index (χ1) is 15.1. The molecule has 2 aromatic rings. The third-order valence-electron chi connectivity index (χ3n) is 5.84. The highest BCUT2D eigenvalue weighted by atomic mass is 19.4. The highest BCUT2D eigenvalue weighted by Crippen LogP contribution is 2.30. The van der Waals surface area contributed by atoms with Crippen LogP contribution in [0.5, 0.6) is 5.75 Å². The third-order valence-corrected chi connectivity index (χ3v) is 5.84. The molecule has 1 fully saturated rings. The number of carbonyl (C=O) groups excluding carboxylic acids is 2. The van der Waals surface area contributed by atoms with E-state index in [1.165, 1.54) is 18.2 Å². The molecule has 32 heavy (non-hydrogen) atoms. The number of aryl methyl sites for hydroxylation is 1. The van der Waals surface area contributed by atoms with E-state index in [1.807, 2.05) is 6.92 Å². The van der Waals surface area contributed by atoms with Gasteiger partial charge in [0.1, 0.15) is 11.9 Å². The van der Waals surface area contributed by atoms with E-state index < -0.39 is 6.36 Å². The third kappa shape index (κ3) is 6.90. The number of carbonyl (C=O) groups is 2. The van der Waals surface area contributed by atoms with Gasteiger partial charge in [-0.3, -0.25) is 9.59 Å². The number of benzene rings is 1. The zero-order chi connectivity index (χ0) is 23.3. The number of aromatic amines is 1. The first-order valence-corrected chi connectivity index (χ1v) is 10.9. The standard InChI is InChI=1S/C23H29F3N2O4/c1-14-3-5-16(6-4-14)31-22(30)10-9-21(29)27-12-11-18-15(2)28-20-8-7-17(13-19(18)20)32-23(24,25)26/h7-8,13-14,16,28H,3-6,9-12H2,1-2H3,(H,27,29). The molecule has 9 heteroatoms. The molecule has 3 rings (SSSR count). The molecule has 0 radical (unpaired) electrons. The smallest absolute Gasteiger partial charge is 0.462 e. The number of hydrogen-bond donors (Lipinski definition) is 2. The van der Waals surface area contributed by atoms with Crippen LogP contribution in [0.15, 0.2) is 18.2 Å². The second kappa shape index (κ2) is 10.3. The van der Waals surface area contributed by atoms with Gasteiger partial charge in [-0.05, 0) is 68.7 Å². The van der Waals surface area contributed by atoms with E-state index in [-0.39, 0.29) is 36.6 Å². The van der Waals surface area contributed by atoms with Crippen molar-refractivity contribution in [1.29, 1.82) is 0 Å². The molecule has 1 aromatic carbocycles. The summed E-state index contributed by atoms with van der Waals surface area (Å²) >= 11 is 0. The van der Waals surface area contributed by atoms with Gasteiger partial charge in [0, 0.05) is 29.6 Å². The fourth-order valence-electron chi connectivity index (χ4n) is 4.10. The van der Waals surface area contributed by atoms with Gasteiger partial charge in [0.05, 0.1) is 6.42 Å². The maximum atomic E-state index is 12.5. The van der Waals surface area contributed by atoms with Crippen molar-refractivity contribution >= 4 is 22.8 Å². The Balaban J connectivity index is 1.46. The second-order valence-corrected chi connectivity index (χ2v) is 8.46. The Kier molecular flexibility index (Phi) is 7.69. The van der Waals surface area contributed by atoms with Crippen LogP contribution >= 0.6 is 0 Å². The molecule has 1 aliphatic carbocycles. The van der Waals surface area contributed by atoms with Gasteiger partial charge in [-0.1, -0.05) is 6.92 Å². The van der Waals surface area contributed by atoms with Crippen molar-refractivity contribution in [2.75, 3.05) is 6.54 Å². The number of esters is 1. The summed E-state index contributed by atoms with van der Waals surface area (Å²) in [6, 6.07) is 4.12. The Hall–Kier alpha value is -2.71. The van der Waals surface area contributed by atoms with Crippen molar-refractivity contribution in [3.05, 3.63) is 29.5 Å². The van der Waals surface area contributed by atoms with Crippen LogP contribution in [0.3, 0.4) is 0 Å². The van der Waals surface area contributed by atoms with Gasteiger partial charge < -0.3 is 19.8 Å². The van der Waals surface area contributed by atoms with Crippen LogP contribution in [0.1, 0.15) is 56.7 Å². The maximum absolute atomic E-state index is 12.5. The zero-order valence-electron chi connectivity index (χ0n) is 18.3. The number of H-pyrrole nitrogens is 1. The molecule has 0 aliphatic heterocycles. The summed E-state index contributed by atoms with van der Waals surface area (Å²) in [5, 5.41) is 3.37. The molecule has 1 aliphatic rings. The summed E-state index contributed by atoms with van der Waals surface area (Å²) in [4.78, 5) is 27.2. The topological polar surface area (TPSA) is 80.4 Å². The summed E-state index contributed by atoms with van der Waals surface area (Å²) in [5.41, 5.74) is 2.31. The molecule has 2 N–H and O–H groups in total. The number of hydrogen-bond acceptors (Lipinski definition) is 4. The van der Waals surface area contributed by atoms with E-state index in [0.717, 1.165) is 36.9 Å². The van der Waals surface area contributed by atoms with Crippen molar-refractivity contribution in [2.24, 2.45) is 5.92 Å². The monoisotopic (exact) mass is 454 g/mol. The molecule has 1 amide bonds. The minimum atomic E-state index is -4.76. The van der Waals surface area contributed by atoms with Crippen LogP contribution in [0.2, 0.25) is 0 Å². The van der Waals surface area contributed by atoms with E-state index in [9.17, 15) is 22.8 Å². The molecule has 0 bridgehead atoms. The molecule has 0 saturated heterocycles. The van der Waals surface area contributed by atoms with Crippen LogP contribution in [-0.2, 0) is 20.7 Å². The van der Waals surface area contributed by atoms with Gasteiger partial charge in [0.2, 0.25) is 5.91 Å². The lowest BCUT2D eigenvalue weighted by Gasteiger charge is -2.25. The number of nitrogens with one attached hydrogen (secondary N) is 2. The zero-order valence-corrected chi connectivity index (χ0v) is 18.3. The van der Waals surface area contributed by atoms with Crippen molar-refractivity contribution in [3.8, 4) is 5.75 Å². The highest BCUT2D eigenvalue weighted by Gasteiger charge is 2.31. The SMILES string of the molecule is Cc1[nH]c2ccc(OC(F)(F)F)cc2c1CCNC(=O)CCC(=O)OC1CCC(C)CC1. The molecular formula is C23H29F3N2O4. The van der Waals surface area contributed by atoms with Gasteiger partial charge in [0.25, 0.3) is 0 Å². The number of rotatable bonds is 8. The molecule has 1 heterocycles. The number of amides is 1. The van der Waals surface area contributed by atoms with E-state index in [4.69, 9.17) is 4.74 Å². The molecule has 176 valence electrons. The molecule has 0 spiro atoms. The highest BCUT2D eigenvalue weighted by molar-refractivity contribution is 5.86. The summed E-state index contributed by atoms with van der Waals surface area (Å²) < 4.78 is 47.0. The maximum Gasteiger partial charge on any atom is 0.573 e. The summed E-state index contributed by atoms with van der Waals surface area (Å²) in [6.45, 7) is 4.31. The second-order valence-electron chi connectivity index (χ2n) is 8.46. The van der Waals surface area contributed by atoms with E-state index in [2.05, 4.69) is 22.0 Å². The largest absolute Gasteiger partial charge is 0.573 e. The van der Waals surface area contributed by atoms with Crippen LogP contribution in [0.4, 0.5) is 13.2 Å². The number of halogens is 3. The molecule has 1 saturated carbocycles. The van der Waals surface area contributed by atoms with Crippen molar-refractivity contribution in [3.63, 3.8) is 0 Å². The van der Waals surface area contributed by atoms with Gasteiger partial charge >= 0.3 is 12.3 Å². The average molecular weight is 454 g/mol. The van der Waals surface area contributed by atoms with Crippen molar-refractivity contribution in [2.45, 2.75) is 71.3 Å². The molecule has 0 unspecified atom stereocenters. The fraction of sp³-hybridized carbons (Fsp3) is 0.565.